The zero-order chi connectivity index (χ0) is 21.8. The molecule has 0 bridgehead atoms. The number of ketones is 1. The third-order valence-corrected chi connectivity index (χ3v) is 5.77. The Labute approximate surface area is 198 Å². The van der Waals surface area contributed by atoms with Crippen molar-refractivity contribution in [2.75, 3.05) is 52.8 Å². The molecule has 9 heteroatoms. The number of morpholine rings is 1. The summed E-state index contributed by atoms with van der Waals surface area (Å²) in [6, 6.07) is 13.2. The van der Waals surface area contributed by atoms with Crippen LogP contribution in [0.5, 0.6) is 11.5 Å². The Bertz CT molecular complexity index is 1080. The maximum absolute atomic E-state index is 13.1. The SMILES string of the molecule is Br.COc1ccc(C(=O)C[n+]2c(N)n(CCN3CCOCC3)c3ccccc32)cc1OC. The largest absolute Gasteiger partial charge is 0.493 e. The van der Waals surface area contributed by atoms with Crippen LogP contribution in [0.2, 0.25) is 0 Å². The van der Waals surface area contributed by atoms with Gasteiger partial charge in [0, 0.05) is 25.2 Å². The molecule has 1 fully saturated rings. The molecule has 2 N–H and O–H groups in total. The number of para-hydroxylation sites is 2. The second-order valence-electron chi connectivity index (χ2n) is 7.53. The van der Waals surface area contributed by atoms with Crippen LogP contribution in [0.1, 0.15) is 10.4 Å². The number of methoxy groups -OCH3 is 2. The van der Waals surface area contributed by atoms with Crippen molar-refractivity contribution in [3.8, 4) is 11.5 Å². The van der Waals surface area contributed by atoms with Crippen molar-refractivity contribution in [3.05, 3.63) is 48.0 Å². The summed E-state index contributed by atoms with van der Waals surface area (Å²) in [6.07, 6.45) is 0. The van der Waals surface area contributed by atoms with Crippen molar-refractivity contribution in [1.29, 1.82) is 0 Å². The summed E-state index contributed by atoms with van der Waals surface area (Å²) >= 11 is 0. The Balaban J connectivity index is 0.00000289. The van der Waals surface area contributed by atoms with Gasteiger partial charge in [-0.05, 0) is 30.3 Å². The monoisotopic (exact) mass is 505 g/mol. The van der Waals surface area contributed by atoms with Crippen LogP contribution < -0.4 is 19.8 Å². The lowest BCUT2D eigenvalue weighted by Gasteiger charge is -2.25. The Morgan fingerprint density at radius 3 is 2.50 bits per heavy atom. The molecule has 172 valence electrons. The van der Waals surface area contributed by atoms with Gasteiger partial charge >= 0.3 is 5.95 Å². The molecule has 1 aliphatic rings. The Morgan fingerprint density at radius 2 is 1.78 bits per heavy atom. The molecule has 0 spiro atoms. The zero-order valence-electron chi connectivity index (χ0n) is 18.5. The molecule has 1 aromatic heterocycles. The number of carbonyl (C=O) groups excluding carboxylic acids is 1. The Morgan fingerprint density at radius 1 is 1.06 bits per heavy atom. The third kappa shape index (κ3) is 4.90. The standard InChI is InChI=1S/C23H28N4O4.BrH/c1-29-21-8-7-17(15-22(21)30-2)20(28)16-27-19-6-4-3-5-18(19)26(23(27)24)10-9-25-11-13-31-14-12-25;/h3-8,15,24H,9-14,16H2,1-2H3;1H/p+1. The van der Waals surface area contributed by atoms with Crippen molar-refractivity contribution in [3.63, 3.8) is 0 Å². The van der Waals surface area contributed by atoms with Crippen molar-refractivity contribution in [1.82, 2.24) is 9.47 Å². The van der Waals surface area contributed by atoms with Crippen molar-refractivity contribution < 1.29 is 23.6 Å². The maximum Gasteiger partial charge on any atom is 0.356 e. The molecule has 0 amide bonds. The maximum atomic E-state index is 13.1. The van der Waals surface area contributed by atoms with Gasteiger partial charge in [0.05, 0.1) is 34.0 Å². The van der Waals surface area contributed by atoms with E-state index >= 15 is 0 Å². The van der Waals surface area contributed by atoms with E-state index in [-0.39, 0.29) is 29.3 Å². The average Bonchev–Trinajstić information content (AvgIpc) is 3.08. The van der Waals surface area contributed by atoms with Gasteiger partial charge in [-0.1, -0.05) is 12.1 Å². The summed E-state index contributed by atoms with van der Waals surface area (Å²) in [7, 11) is 3.13. The Kier molecular flexibility index (Phi) is 8.11. The molecule has 0 saturated carbocycles. The number of anilines is 1. The number of ether oxygens (including phenoxy) is 3. The molecule has 0 unspecified atom stereocenters. The number of halogens is 1. The minimum absolute atomic E-state index is 0. The first kappa shape index (κ1) is 24.0. The van der Waals surface area contributed by atoms with Crippen molar-refractivity contribution >= 4 is 39.7 Å². The van der Waals surface area contributed by atoms with E-state index in [1.807, 2.05) is 28.8 Å². The van der Waals surface area contributed by atoms with E-state index in [0.717, 1.165) is 50.4 Å². The normalized spacial score (nSPS) is 14.2. The van der Waals surface area contributed by atoms with Crippen LogP contribution in [-0.2, 0) is 17.8 Å². The van der Waals surface area contributed by atoms with E-state index in [9.17, 15) is 4.79 Å². The van der Waals surface area contributed by atoms with Crippen LogP contribution in [0.4, 0.5) is 5.95 Å². The first-order valence-corrected chi connectivity index (χ1v) is 10.4. The molecule has 0 atom stereocenters. The lowest BCUT2D eigenvalue weighted by atomic mass is 10.1. The summed E-state index contributed by atoms with van der Waals surface area (Å²) in [6.45, 7) is 5.17. The minimum atomic E-state index is -0.0475. The number of benzene rings is 2. The number of Topliss-reactive ketones (excluding diaryl/α,β-unsaturated/α-hetero) is 1. The highest BCUT2D eigenvalue weighted by Gasteiger charge is 2.24. The van der Waals surface area contributed by atoms with Gasteiger partial charge in [-0.3, -0.25) is 15.4 Å². The molecule has 32 heavy (non-hydrogen) atoms. The minimum Gasteiger partial charge on any atom is -0.493 e. The number of nitrogen functional groups attached to an aromatic ring is 1. The molecule has 0 aliphatic carbocycles. The van der Waals surface area contributed by atoms with E-state index in [0.29, 0.717) is 23.0 Å². The molecule has 0 radical (unpaired) electrons. The zero-order valence-corrected chi connectivity index (χ0v) is 20.2. The number of nitrogens with two attached hydrogens (primary N) is 1. The van der Waals surface area contributed by atoms with Gasteiger partial charge in [-0.2, -0.15) is 0 Å². The number of nitrogens with zero attached hydrogens (tertiary/aromatic N) is 3. The fraction of sp³-hybridized carbons (Fsp3) is 0.391. The second kappa shape index (κ2) is 10.8. The van der Waals surface area contributed by atoms with Gasteiger partial charge < -0.3 is 14.2 Å². The van der Waals surface area contributed by atoms with Crippen LogP contribution in [0.3, 0.4) is 0 Å². The molecule has 4 rings (SSSR count). The summed E-state index contributed by atoms with van der Waals surface area (Å²) in [4.78, 5) is 15.5. The summed E-state index contributed by atoms with van der Waals surface area (Å²) in [5.74, 6) is 1.64. The van der Waals surface area contributed by atoms with E-state index < -0.39 is 0 Å². The number of fused-ring (bicyclic) bond motifs is 1. The highest BCUT2D eigenvalue weighted by molar-refractivity contribution is 8.93. The van der Waals surface area contributed by atoms with Crippen molar-refractivity contribution in [2.24, 2.45) is 0 Å². The van der Waals surface area contributed by atoms with Gasteiger partial charge in [0.2, 0.25) is 0 Å². The quantitative estimate of drug-likeness (QED) is 0.373. The van der Waals surface area contributed by atoms with Gasteiger partial charge in [0.1, 0.15) is 17.6 Å². The van der Waals surface area contributed by atoms with Crippen LogP contribution in [0, 0.1) is 0 Å². The lowest BCUT2D eigenvalue weighted by Crippen LogP contribution is -2.41. The van der Waals surface area contributed by atoms with E-state index in [1.54, 1.807) is 32.4 Å². The van der Waals surface area contributed by atoms with E-state index in [1.165, 1.54) is 0 Å². The predicted octanol–water partition coefficient (Wildman–Crippen LogP) is 2.32. The molecular formula is C23H30BrN4O4+. The average molecular weight is 506 g/mol. The number of hydrogen-bond donors (Lipinski definition) is 1. The van der Waals surface area contributed by atoms with Gasteiger partial charge in [-0.15, -0.1) is 17.0 Å². The smallest absolute Gasteiger partial charge is 0.356 e. The van der Waals surface area contributed by atoms with E-state index in [4.69, 9.17) is 19.9 Å². The first-order chi connectivity index (χ1) is 15.1. The second-order valence-corrected chi connectivity index (χ2v) is 7.53. The summed E-state index contributed by atoms with van der Waals surface area (Å²) < 4.78 is 20.0. The van der Waals surface area contributed by atoms with Crippen LogP contribution in [0.25, 0.3) is 11.0 Å². The topological polar surface area (TPSA) is 82.8 Å². The van der Waals surface area contributed by atoms with Crippen molar-refractivity contribution in [2.45, 2.75) is 13.1 Å². The molecule has 1 saturated heterocycles. The highest BCUT2D eigenvalue weighted by atomic mass is 79.9. The third-order valence-electron chi connectivity index (χ3n) is 5.77. The molecular weight excluding hydrogens is 476 g/mol. The molecule has 1 aliphatic heterocycles. The van der Waals surface area contributed by atoms with Crippen LogP contribution in [0.15, 0.2) is 42.5 Å². The fourth-order valence-corrected chi connectivity index (χ4v) is 4.03. The highest BCUT2D eigenvalue weighted by Crippen LogP contribution is 2.28. The molecule has 2 aromatic carbocycles. The summed E-state index contributed by atoms with van der Waals surface area (Å²) in [5.41, 5.74) is 9.06. The fourth-order valence-electron chi connectivity index (χ4n) is 4.03. The van der Waals surface area contributed by atoms with E-state index in [2.05, 4.69) is 9.47 Å². The van der Waals surface area contributed by atoms with Gasteiger partial charge in [0.15, 0.2) is 17.3 Å². The van der Waals surface area contributed by atoms with Gasteiger partial charge in [0.25, 0.3) is 0 Å². The number of carbonyl (C=O) groups is 1. The number of hydrogen-bond acceptors (Lipinski definition) is 6. The summed E-state index contributed by atoms with van der Waals surface area (Å²) in [5, 5.41) is 0. The number of imidazole rings is 1. The Hall–Kier alpha value is -2.62. The number of aromatic nitrogens is 2. The molecule has 2 heterocycles. The number of rotatable bonds is 8. The molecule has 8 nitrogen and oxygen atoms in total. The molecule has 3 aromatic rings. The van der Waals surface area contributed by atoms with Crippen LogP contribution >= 0.6 is 17.0 Å². The first-order valence-electron chi connectivity index (χ1n) is 10.4. The lowest BCUT2D eigenvalue weighted by molar-refractivity contribution is -0.642. The van der Waals surface area contributed by atoms with Crippen LogP contribution in [-0.4, -0.2) is 62.3 Å². The van der Waals surface area contributed by atoms with Gasteiger partial charge in [-0.25, -0.2) is 9.13 Å². The predicted molar refractivity (Wildman–Crippen MR) is 128 cm³/mol.